The maximum atomic E-state index is 13.2. The lowest BCUT2D eigenvalue weighted by atomic mass is 10.1. The van der Waals surface area contributed by atoms with E-state index in [0.29, 0.717) is 28.8 Å². The second-order valence-corrected chi connectivity index (χ2v) is 11.1. The Morgan fingerprint density at radius 1 is 0.976 bits per heavy atom. The Morgan fingerprint density at radius 2 is 1.76 bits per heavy atom. The average molecular weight is 599 g/mol. The molecule has 6 rings (SSSR count). The first kappa shape index (κ1) is 27.9. The van der Waals surface area contributed by atoms with Crippen molar-refractivity contribution in [2.75, 3.05) is 44.3 Å². The van der Waals surface area contributed by atoms with Gasteiger partial charge in [-0.3, -0.25) is 4.90 Å². The molecule has 2 saturated heterocycles. The second-order valence-electron chi connectivity index (χ2n) is 10.2. The van der Waals surface area contributed by atoms with E-state index in [9.17, 15) is 4.39 Å². The Kier molecular flexibility index (Phi) is 8.41. The molecule has 2 fully saturated rings. The number of nitrogens with zero attached hydrogens (tertiary/aromatic N) is 5. The minimum Gasteiger partial charge on any atom is -0.491 e. The Bertz CT molecular complexity index is 1430. The van der Waals surface area contributed by atoms with E-state index in [1.807, 2.05) is 30.3 Å². The van der Waals surface area contributed by atoms with Crippen molar-refractivity contribution in [1.82, 2.24) is 19.7 Å². The lowest BCUT2D eigenvalue weighted by Crippen LogP contribution is -2.45. The van der Waals surface area contributed by atoms with Gasteiger partial charge in [0.15, 0.2) is 0 Å². The van der Waals surface area contributed by atoms with Crippen LogP contribution in [0.1, 0.15) is 11.1 Å². The third kappa shape index (κ3) is 6.66. The molecular formula is C30H30Cl2FN5O3. The van der Waals surface area contributed by atoms with Gasteiger partial charge >= 0.3 is 0 Å². The van der Waals surface area contributed by atoms with Crippen LogP contribution in [0.4, 0.5) is 10.1 Å². The standard InChI is InChI=1S/C30H30Cl2FN5O3/c31-23-3-10-28(29(32)15-23)30(19-38-21-34-20-35-38)40-18-27(41-30)17-39-26-8-6-25(7-9-26)37-13-11-36(12-14-37)16-22-1-4-24(33)5-2-22/h1-10,15,20-21,27H,11-14,16-19H2/t27-,30-/m1/s1. The minimum atomic E-state index is -1.15. The van der Waals surface area contributed by atoms with Crippen molar-refractivity contribution in [3.05, 3.63) is 106 Å². The summed E-state index contributed by atoms with van der Waals surface area (Å²) in [6, 6.07) is 20.1. The van der Waals surface area contributed by atoms with E-state index in [-0.39, 0.29) is 18.5 Å². The summed E-state index contributed by atoms with van der Waals surface area (Å²) in [6.45, 7) is 5.49. The van der Waals surface area contributed by atoms with Crippen LogP contribution in [0.3, 0.4) is 0 Å². The van der Waals surface area contributed by atoms with Crippen molar-refractivity contribution in [3.8, 4) is 5.75 Å². The van der Waals surface area contributed by atoms with E-state index in [1.165, 1.54) is 18.5 Å². The molecule has 8 nitrogen and oxygen atoms in total. The summed E-state index contributed by atoms with van der Waals surface area (Å²) in [7, 11) is 0. The largest absolute Gasteiger partial charge is 0.491 e. The van der Waals surface area contributed by atoms with Gasteiger partial charge in [-0.05, 0) is 54.1 Å². The van der Waals surface area contributed by atoms with Gasteiger partial charge in [-0.25, -0.2) is 14.1 Å². The third-order valence-electron chi connectivity index (χ3n) is 7.37. The molecular weight excluding hydrogens is 568 g/mol. The van der Waals surface area contributed by atoms with Crippen LogP contribution in [0.2, 0.25) is 10.0 Å². The molecule has 3 heterocycles. The van der Waals surface area contributed by atoms with Gasteiger partial charge in [-0.2, -0.15) is 5.10 Å². The highest BCUT2D eigenvalue weighted by atomic mass is 35.5. The van der Waals surface area contributed by atoms with E-state index in [2.05, 4.69) is 32.0 Å². The quantitative estimate of drug-likeness (QED) is 0.256. The fourth-order valence-corrected chi connectivity index (χ4v) is 5.79. The summed E-state index contributed by atoms with van der Waals surface area (Å²) in [5, 5.41) is 5.20. The Balaban J connectivity index is 1.03. The summed E-state index contributed by atoms with van der Waals surface area (Å²) >= 11 is 12.7. The predicted molar refractivity (Wildman–Crippen MR) is 155 cm³/mol. The van der Waals surface area contributed by atoms with Crippen molar-refractivity contribution < 1.29 is 18.6 Å². The highest BCUT2D eigenvalue weighted by Crippen LogP contribution is 2.40. The van der Waals surface area contributed by atoms with Crippen molar-refractivity contribution in [1.29, 1.82) is 0 Å². The fourth-order valence-electron chi connectivity index (χ4n) is 5.24. The molecule has 0 aliphatic carbocycles. The van der Waals surface area contributed by atoms with Crippen molar-refractivity contribution in [2.45, 2.75) is 25.0 Å². The van der Waals surface area contributed by atoms with Gasteiger partial charge in [0.2, 0.25) is 5.79 Å². The van der Waals surface area contributed by atoms with Crippen LogP contribution in [-0.2, 0) is 28.4 Å². The highest BCUT2D eigenvalue weighted by molar-refractivity contribution is 6.35. The van der Waals surface area contributed by atoms with Crippen molar-refractivity contribution >= 4 is 28.9 Å². The molecule has 3 aromatic carbocycles. The van der Waals surface area contributed by atoms with Gasteiger partial charge in [-0.1, -0.05) is 41.4 Å². The molecule has 41 heavy (non-hydrogen) atoms. The third-order valence-corrected chi connectivity index (χ3v) is 7.91. The average Bonchev–Trinajstić information content (AvgIpc) is 3.64. The summed E-state index contributed by atoms with van der Waals surface area (Å²) < 4.78 is 33.6. The van der Waals surface area contributed by atoms with E-state index < -0.39 is 5.79 Å². The molecule has 214 valence electrons. The van der Waals surface area contributed by atoms with E-state index >= 15 is 0 Å². The number of hydrogen-bond donors (Lipinski definition) is 0. The highest BCUT2D eigenvalue weighted by Gasteiger charge is 2.45. The van der Waals surface area contributed by atoms with Crippen LogP contribution in [0.15, 0.2) is 79.4 Å². The van der Waals surface area contributed by atoms with Crippen molar-refractivity contribution in [2.24, 2.45) is 0 Å². The molecule has 1 aromatic heterocycles. The maximum absolute atomic E-state index is 13.2. The molecule has 2 atom stereocenters. The molecule has 0 bridgehead atoms. The number of hydrogen-bond acceptors (Lipinski definition) is 7. The Labute approximate surface area is 248 Å². The lowest BCUT2D eigenvalue weighted by Gasteiger charge is -2.36. The molecule has 11 heteroatoms. The van der Waals surface area contributed by atoms with Crippen LogP contribution in [-0.4, -0.2) is 65.2 Å². The molecule has 2 aliphatic rings. The first-order valence-electron chi connectivity index (χ1n) is 13.5. The number of ether oxygens (including phenoxy) is 3. The van der Waals surface area contributed by atoms with Gasteiger partial charge in [0.25, 0.3) is 0 Å². The van der Waals surface area contributed by atoms with E-state index in [0.717, 1.165) is 49.7 Å². The topological polar surface area (TPSA) is 64.9 Å². The molecule has 4 aromatic rings. The second kappa shape index (κ2) is 12.3. The monoisotopic (exact) mass is 597 g/mol. The minimum absolute atomic E-state index is 0.200. The van der Waals surface area contributed by atoms with Crippen LogP contribution in [0.5, 0.6) is 5.75 Å². The van der Waals surface area contributed by atoms with Crippen LogP contribution in [0.25, 0.3) is 0 Å². The lowest BCUT2D eigenvalue weighted by molar-refractivity contribution is -0.190. The van der Waals surface area contributed by atoms with Gasteiger partial charge < -0.3 is 19.1 Å². The number of anilines is 1. The Hall–Kier alpha value is -3.21. The zero-order valence-corrected chi connectivity index (χ0v) is 23.8. The maximum Gasteiger partial charge on any atom is 0.217 e. The van der Waals surface area contributed by atoms with E-state index in [1.54, 1.807) is 23.1 Å². The zero-order chi connectivity index (χ0) is 28.2. The zero-order valence-electron chi connectivity index (χ0n) is 22.3. The van der Waals surface area contributed by atoms with Gasteiger partial charge in [0, 0.05) is 49.0 Å². The van der Waals surface area contributed by atoms with Crippen LogP contribution >= 0.6 is 23.2 Å². The summed E-state index contributed by atoms with van der Waals surface area (Å²) in [5.41, 5.74) is 2.96. The summed E-state index contributed by atoms with van der Waals surface area (Å²) in [5.74, 6) is -0.591. The number of benzene rings is 3. The van der Waals surface area contributed by atoms with Crippen LogP contribution in [0, 0.1) is 5.82 Å². The first-order chi connectivity index (χ1) is 20.0. The molecule has 0 amide bonds. The molecule has 2 aliphatic heterocycles. The summed E-state index contributed by atoms with van der Waals surface area (Å²) in [6.07, 6.45) is 2.75. The smallest absolute Gasteiger partial charge is 0.217 e. The normalized spacial score (nSPS) is 21.3. The van der Waals surface area contributed by atoms with Gasteiger partial charge in [0.05, 0.1) is 11.6 Å². The number of piperazine rings is 1. The SMILES string of the molecule is Fc1ccc(CN2CCN(c3ccc(OC[C@@H]4CO[C@@](Cn5cncn5)(c5ccc(Cl)cc5Cl)O4)cc3)CC2)cc1. The van der Waals surface area contributed by atoms with Crippen LogP contribution < -0.4 is 9.64 Å². The summed E-state index contributed by atoms with van der Waals surface area (Å²) in [4.78, 5) is 8.79. The van der Waals surface area contributed by atoms with Gasteiger partial charge in [-0.15, -0.1) is 0 Å². The van der Waals surface area contributed by atoms with Crippen molar-refractivity contribution in [3.63, 3.8) is 0 Å². The number of halogens is 3. The Morgan fingerprint density at radius 3 is 2.46 bits per heavy atom. The number of aromatic nitrogens is 3. The molecule has 0 radical (unpaired) electrons. The fraction of sp³-hybridized carbons (Fsp3) is 0.333. The number of rotatable bonds is 9. The molecule has 0 unspecified atom stereocenters. The first-order valence-corrected chi connectivity index (χ1v) is 14.3. The predicted octanol–water partition coefficient (Wildman–Crippen LogP) is 5.39. The molecule has 0 spiro atoms. The molecule has 0 N–H and O–H groups in total. The molecule has 0 saturated carbocycles. The van der Waals surface area contributed by atoms with Gasteiger partial charge in [0.1, 0.15) is 43.5 Å². The van der Waals surface area contributed by atoms with E-state index in [4.69, 9.17) is 37.4 Å².